The van der Waals surface area contributed by atoms with Crippen molar-refractivity contribution in [2.24, 2.45) is 0 Å². The van der Waals surface area contributed by atoms with E-state index in [0.717, 1.165) is 7.35 Å². The molecule has 2 aromatic carbocycles. The molecule has 0 aliphatic heterocycles. The van der Waals surface area contributed by atoms with Gasteiger partial charge in [-0.05, 0) is 0 Å². The molecule has 0 fully saturated rings. The van der Waals surface area contributed by atoms with Crippen LogP contribution >= 0.6 is 0 Å². The minimum atomic E-state index is -1.85. The Bertz CT molecular complexity index is 844. The Labute approximate surface area is 141 Å². The van der Waals surface area contributed by atoms with Gasteiger partial charge in [-0.25, -0.2) is 0 Å². The van der Waals surface area contributed by atoms with E-state index >= 15 is 0 Å². The van der Waals surface area contributed by atoms with E-state index in [2.05, 4.69) is 81.5 Å². The molecule has 4 rings (SSSR count). The quantitative estimate of drug-likeness (QED) is 0.573. The number of hydrogen-bond acceptors (Lipinski definition) is 0. The van der Waals surface area contributed by atoms with Crippen LogP contribution < -0.4 is 0 Å². The molecule has 0 radical (unpaired) electrons. The number of rotatable bonds is 2. The average molecular weight is 467 g/mol. The molecule has 108 valence electrons. The Kier molecular flexibility index (Phi) is 3.70. The summed E-state index contributed by atoms with van der Waals surface area (Å²) in [7, 11) is 0. The molecule has 22 heavy (non-hydrogen) atoms. The van der Waals surface area contributed by atoms with Crippen LogP contribution in [-0.4, -0.2) is 6.94 Å². The number of fused-ring (bicyclic) bond motifs is 2. The first kappa shape index (κ1) is 14.6. The second-order valence-corrected chi connectivity index (χ2v) is 21.5. The summed E-state index contributed by atoms with van der Waals surface area (Å²) >= 11 is -1.85. The third kappa shape index (κ3) is 2.11. The van der Waals surface area contributed by atoms with Crippen LogP contribution in [0.15, 0.2) is 60.2 Å². The molecule has 2 aliphatic carbocycles. The molecule has 0 saturated heterocycles. The van der Waals surface area contributed by atoms with E-state index in [-0.39, 0.29) is 0 Å². The normalized spacial score (nSPS) is 21.9. The van der Waals surface area contributed by atoms with E-state index in [1.165, 1.54) is 16.7 Å². The summed E-state index contributed by atoms with van der Waals surface area (Å²) in [5, 5.41) is 0. The van der Waals surface area contributed by atoms with Crippen LogP contribution in [0, 0.1) is 0 Å². The number of hydrogen-bond donors (Lipinski definition) is 0. The minimum absolute atomic E-state index is 0.749. The van der Waals surface area contributed by atoms with Gasteiger partial charge >= 0.3 is 142 Å². The number of benzene rings is 2. The molecule has 2 unspecified atom stereocenters. The van der Waals surface area contributed by atoms with Crippen LogP contribution in [0.1, 0.15) is 43.5 Å². The van der Waals surface area contributed by atoms with E-state index in [0.29, 0.717) is 0 Å². The summed E-state index contributed by atoms with van der Waals surface area (Å²) in [6.45, 7) is 7.08. The summed E-state index contributed by atoms with van der Waals surface area (Å²) in [5.41, 5.74) is 9.35. The molecule has 0 spiro atoms. The zero-order valence-electron chi connectivity index (χ0n) is 13.1. The Morgan fingerprint density at radius 3 is 2.41 bits per heavy atom. The fourth-order valence-electron chi connectivity index (χ4n) is 3.98. The molecule has 2 atom stereocenters. The van der Waals surface area contributed by atoms with Crippen LogP contribution in [0.4, 0.5) is 0 Å². The van der Waals surface area contributed by atoms with Crippen LogP contribution in [0.3, 0.4) is 0 Å². The molecular formula is C20H20HfSi. The summed E-state index contributed by atoms with van der Waals surface area (Å²) in [5.74, 6) is 0. The zero-order chi connectivity index (χ0) is 15.3. The summed E-state index contributed by atoms with van der Waals surface area (Å²) in [4.78, 5) is 0. The fourth-order valence-corrected chi connectivity index (χ4v) is 21.2. The van der Waals surface area contributed by atoms with Crippen LogP contribution in [0.25, 0.3) is 11.6 Å². The van der Waals surface area contributed by atoms with Gasteiger partial charge in [0.15, 0.2) is 0 Å². The van der Waals surface area contributed by atoms with Crippen LogP contribution in [0.2, 0.25) is 0 Å². The molecular weight excluding hydrogens is 447 g/mol. The van der Waals surface area contributed by atoms with E-state index in [1.54, 1.807) is 16.7 Å². The topological polar surface area (TPSA) is 0 Å². The van der Waals surface area contributed by atoms with Gasteiger partial charge in [0.2, 0.25) is 0 Å². The molecule has 2 aromatic rings. The van der Waals surface area contributed by atoms with E-state index < -0.39 is 20.1 Å². The predicted molar refractivity (Wildman–Crippen MR) is 94.2 cm³/mol. The summed E-state index contributed by atoms with van der Waals surface area (Å²) in [6.07, 6.45) is 4.86. The molecule has 0 N–H and O–H groups in total. The van der Waals surface area contributed by atoms with Gasteiger partial charge < -0.3 is 0 Å². The standard InChI is InChI=1S/C11H11.C9H7.Hf.H2Si/c1-8-7-10-5-3-4-6-11(10)9(8)2;1-2-5-9-7-3-6-8(9)4-1;;/h3-7H,1-2H3;1-7H;;1H2. The van der Waals surface area contributed by atoms with Gasteiger partial charge in [-0.1, -0.05) is 0 Å². The Morgan fingerprint density at radius 2 is 1.59 bits per heavy atom. The summed E-state index contributed by atoms with van der Waals surface area (Å²) < 4.78 is 1.51. The van der Waals surface area contributed by atoms with Gasteiger partial charge in [0.25, 0.3) is 0 Å². The van der Waals surface area contributed by atoms with Crippen molar-refractivity contribution in [2.75, 3.05) is 0 Å². The Hall–Kier alpha value is -0.993. The zero-order valence-corrected chi connectivity index (χ0v) is 18.1. The van der Waals surface area contributed by atoms with Gasteiger partial charge in [0.1, 0.15) is 0 Å². The van der Waals surface area contributed by atoms with Crippen molar-refractivity contribution >= 4 is 18.6 Å². The van der Waals surface area contributed by atoms with Crippen molar-refractivity contribution in [3.63, 3.8) is 0 Å². The van der Waals surface area contributed by atoms with Crippen molar-refractivity contribution in [1.29, 1.82) is 0 Å². The molecule has 0 heterocycles. The van der Waals surface area contributed by atoms with Gasteiger partial charge in [-0.15, -0.1) is 0 Å². The van der Waals surface area contributed by atoms with Crippen molar-refractivity contribution < 1.29 is 20.1 Å². The first-order valence-electron chi connectivity index (χ1n) is 7.91. The van der Waals surface area contributed by atoms with Crippen LogP contribution in [0.5, 0.6) is 0 Å². The Balaban J connectivity index is 1.78. The van der Waals surface area contributed by atoms with Gasteiger partial charge in [0.05, 0.1) is 0 Å². The molecule has 0 bridgehead atoms. The first-order valence-corrected chi connectivity index (χ1v) is 20.4. The van der Waals surface area contributed by atoms with Gasteiger partial charge in [-0.2, -0.15) is 0 Å². The maximum absolute atomic E-state index is 2.50. The van der Waals surface area contributed by atoms with Crippen molar-refractivity contribution in [3.05, 3.63) is 82.4 Å². The third-order valence-electron chi connectivity index (χ3n) is 5.27. The average Bonchev–Trinajstić information content (AvgIpc) is 3.08. The van der Waals surface area contributed by atoms with Gasteiger partial charge in [-0.3, -0.25) is 0 Å². The maximum atomic E-state index is 2.50. The van der Waals surface area contributed by atoms with Crippen molar-refractivity contribution in [2.45, 2.75) is 21.2 Å². The van der Waals surface area contributed by atoms with E-state index in [1.807, 2.05) is 0 Å². The molecule has 2 heteroatoms. The van der Waals surface area contributed by atoms with E-state index in [9.17, 15) is 0 Å². The molecule has 0 aromatic heterocycles. The first-order chi connectivity index (χ1) is 10.7. The monoisotopic (exact) mass is 468 g/mol. The fraction of sp³-hybridized carbons (Fsp3) is 0.200. The third-order valence-corrected chi connectivity index (χ3v) is 22.2. The second kappa shape index (κ2) is 5.57. The van der Waals surface area contributed by atoms with E-state index in [4.69, 9.17) is 0 Å². The Morgan fingerprint density at radius 1 is 0.909 bits per heavy atom. The predicted octanol–water partition coefficient (Wildman–Crippen LogP) is 4.47. The summed E-state index contributed by atoms with van der Waals surface area (Å²) in [6, 6.07) is 18.1. The van der Waals surface area contributed by atoms with Crippen molar-refractivity contribution in [1.82, 2.24) is 0 Å². The second-order valence-electron chi connectivity index (χ2n) is 6.37. The molecule has 0 amide bonds. The molecule has 0 nitrogen and oxygen atoms in total. The molecule has 2 aliphatic rings. The SMILES string of the molecule is CC1=C(C)[CH]([Hf](=[SiH2])[CH]2C=Cc3ccccc32)c2ccccc21. The van der Waals surface area contributed by atoms with Gasteiger partial charge in [0, 0.05) is 0 Å². The molecule has 0 saturated carbocycles. The number of allylic oxidation sites excluding steroid dienone is 3. The van der Waals surface area contributed by atoms with Crippen LogP contribution in [-0.2, 0) is 20.1 Å². The van der Waals surface area contributed by atoms with Crippen molar-refractivity contribution in [3.8, 4) is 0 Å².